The molecule has 1 aliphatic carbocycles. The van der Waals surface area contributed by atoms with E-state index in [1.807, 2.05) is 24.5 Å². The summed E-state index contributed by atoms with van der Waals surface area (Å²) in [6.45, 7) is 2.11. The molecule has 3 aromatic rings. The topological polar surface area (TPSA) is 46.4 Å². The van der Waals surface area contributed by atoms with Gasteiger partial charge >= 0.3 is 0 Å². The minimum atomic E-state index is 0.145. The van der Waals surface area contributed by atoms with Gasteiger partial charge in [-0.2, -0.15) is 0 Å². The number of carbonyl (C=O) groups excluding carboxylic acids is 1. The van der Waals surface area contributed by atoms with E-state index in [1.54, 1.807) is 11.3 Å². The van der Waals surface area contributed by atoms with Crippen molar-refractivity contribution in [3.63, 3.8) is 0 Å². The van der Waals surface area contributed by atoms with Crippen LogP contribution >= 0.6 is 11.3 Å². The molecule has 1 N–H and O–H groups in total. The summed E-state index contributed by atoms with van der Waals surface area (Å²) < 4.78 is 2.11. The Morgan fingerprint density at radius 2 is 2.10 bits per heavy atom. The first kappa shape index (κ1) is 12.6. The number of hydrogen-bond acceptors (Lipinski definition) is 3. The van der Waals surface area contributed by atoms with Gasteiger partial charge in [0.1, 0.15) is 0 Å². The molecule has 4 nitrogen and oxygen atoms in total. The quantitative estimate of drug-likeness (QED) is 0.801. The van der Waals surface area contributed by atoms with E-state index in [-0.39, 0.29) is 11.8 Å². The summed E-state index contributed by atoms with van der Waals surface area (Å²) in [5, 5.41) is 2.97. The van der Waals surface area contributed by atoms with Crippen LogP contribution in [0.2, 0.25) is 0 Å². The fourth-order valence-corrected chi connectivity index (χ4v) is 3.48. The van der Waals surface area contributed by atoms with Gasteiger partial charge in [-0.3, -0.25) is 9.20 Å². The molecule has 0 atom stereocenters. The number of imidazole rings is 1. The first-order chi connectivity index (χ1) is 10.2. The second-order valence-corrected chi connectivity index (χ2v) is 6.61. The Balaban J connectivity index is 1.65. The van der Waals surface area contributed by atoms with Gasteiger partial charge in [-0.15, -0.1) is 11.3 Å². The fraction of sp³-hybridized carbons (Fsp3) is 0.250. The maximum absolute atomic E-state index is 11.8. The maximum Gasteiger partial charge on any atom is 0.227 e. The van der Waals surface area contributed by atoms with Crippen molar-refractivity contribution < 1.29 is 4.79 Å². The Hall–Kier alpha value is -2.14. The number of hydrogen-bond donors (Lipinski definition) is 1. The summed E-state index contributed by atoms with van der Waals surface area (Å²) in [4.78, 5) is 18.3. The van der Waals surface area contributed by atoms with Crippen LogP contribution in [0.3, 0.4) is 0 Å². The highest BCUT2D eigenvalue weighted by atomic mass is 32.1. The Labute approximate surface area is 126 Å². The van der Waals surface area contributed by atoms with Crippen molar-refractivity contribution in [2.45, 2.75) is 19.8 Å². The summed E-state index contributed by atoms with van der Waals surface area (Å²) in [5.74, 6) is 0.376. The molecule has 0 spiro atoms. The molecule has 0 radical (unpaired) electrons. The molecule has 1 aliphatic rings. The second kappa shape index (κ2) is 4.70. The van der Waals surface area contributed by atoms with Crippen LogP contribution in [-0.4, -0.2) is 15.3 Å². The van der Waals surface area contributed by atoms with Crippen molar-refractivity contribution in [3.05, 3.63) is 41.5 Å². The van der Waals surface area contributed by atoms with Gasteiger partial charge in [0.25, 0.3) is 0 Å². The zero-order valence-electron chi connectivity index (χ0n) is 11.7. The van der Waals surface area contributed by atoms with E-state index in [4.69, 9.17) is 0 Å². The van der Waals surface area contributed by atoms with Crippen LogP contribution in [0.4, 0.5) is 5.69 Å². The van der Waals surface area contributed by atoms with Crippen LogP contribution in [0.15, 0.2) is 36.7 Å². The Bertz CT molecular complexity index is 812. The third-order valence-corrected chi connectivity index (χ3v) is 4.78. The molecule has 106 valence electrons. The third kappa shape index (κ3) is 2.23. The van der Waals surface area contributed by atoms with Crippen LogP contribution < -0.4 is 5.32 Å². The molecule has 4 rings (SSSR count). The Morgan fingerprint density at radius 3 is 2.81 bits per heavy atom. The molecular weight excluding hydrogens is 282 g/mol. The Morgan fingerprint density at radius 1 is 1.33 bits per heavy atom. The molecule has 0 aliphatic heterocycles. The lowest BCUT2D eigenvalue weighted by Gasteiger charge is -2.06. The number of anilines is 1. The van der Waals surface area contributed by atoms with Crippen LogP contribution in [0.1, 0.15) is 17.7 Å². The predicted molar refractivity (Wildman–Crippen MR) is 84.6 cm³/mol. The summed E-state index contributed by atoms with van der Waals surface area (Å²) in [6, 6.07) is 8.04. The van der Waals surface area contributed by atoms with Crippen LogP contribution in [0.5, 0.6) is 0 Å². The standard InChI is InChI=1S/C16H15N3OS/c1-10-14(19-9-8-17-16(19)21-10)11-4-6-13(7-5-11)18-15(20)12-2-3-12/h4-9,12H,2-3H2,1H3,(H,18,20). The van der Waals surface area contributed by atoms with Gasteiger partial charge in [-0.1, -0.05) is 12.1 Å². The highest BCUT2D eigenvalue weighted by Gasteiger charge is 2.29. The molecule has 21 heavy (non-hydrogen) atoms. The molecule has 1 fully saturated rings. The first-order valence-corrected chi connectivity index (χ1v) is 7.88. The van der Waals surface area contributed by atoms with E-state index >= 15 is 0 Å². The summed E-state index contributed by atoms with van der Waals surface area (Å²) in [7, 11) is 0. The zero-order chi connectivity index (χ0) is 14.4. The van der Waals surface area contributed by atoms with Gasteiger partial charge in [-0.05, 0) is 37.5 Å². The minimum absolute atomic E-state index is 0.145. The lowest BCUT2D eigenvalue weighted by Crippen LogP contribution is -2.12. The number of thiazole rings is 1. The molecule has 2 heterocycles. The number of aromatic nitrogens is 2. The maximum atomic E-state index is 11.8. The van der Waals surface area contributed by atoms with Crippen LogP contribution in [0, 0.1) is 12.8 Å². The van der Waals surface area contributed by atoms with Crippen LogP contribution in [-0.2, 0) is 4.79 Å². The van der Waals surface area contributed by atoms with E-state index in [0.717, 1.165) is 29.1 Å². The number of fused-ring (bicyclic) bond motifs is 1. The predicted octanol–water partition coefficient (Wildman–Crippen LogP) is 3.72. The van der Waals surface area contributed by atoms with Gasteiger partial charge in [-0.25, -0.2) is 4.98 Å². The minimum Gasteiger partial charge on any atom is -0.326 e. The van der Waals surface area contributed by atoms with Crippen molar-refractivity contribution in [2.24, 2.45) is 5.92 Å². The van der Waals surface area contributed by atoms with Gasteiger partial charge in [0.15, 0.2) is 4.96 Å². The zero-order valence-corrected chi connectivity index (χ0v) is 12.5. The van der Waals surface area contributed by atoms with E-state index in [9.17, 15) is 4.79 Å². The molecule has 1 aromatic carbocycles. The van der Waals surface area contributed by atoms with Crippen molar-refractivity contribution >= 4 is 27.9 Å². The summed E-state index contributed by atoms with van der Waals surface area (Å²) in [6.07, 6.45) is 5.85. The number of nitrogens with zero attached hydrogens (tertiary/aromatic N) is 2. The number of nitrogens with one attached hydrogen (secondary N) is 1. The SMILES string of the molecule is Cc1sc2nccn2c1-c1ccc(NC(=O)C2CC2)cc1. The van der Waals surface area contributed by atoms with Crippen molar-refractivity contribution in [3.8, 4) is 11.3 Å². The number of carbonyl (C=O) groups is 1. The summed E-state index contributed by atoms with van der Waals surface area (Å²) >= 11 is 1.69. The Kier molecular flexibility index (Phi) is 2.82. The van der Waals surface area contributed by atoms with Gasteiger partial charge in [0.05, 0.1) is 5.69 Å². The lowest BCUT2D eigenvalue weighted by molar-refractivity contribution is -0.117. The molecule has 2 aromatic heterocycles. The molecule has 1 amide bonds. The summed E-state index contributed by atoms with van der Waals surface area (Å²) in [5.41, 5.74) is 3.18. The van der Waals surface area contributed by atoms with E-state index in [1.165, 1.54) is 10.6 Å². The van der Waals surface area contributed by atoms with Gasteiger partial charge < -0.3 is 5.32 Å². The van der Waals surface area contributed by atoms with Crippen molar-refractivity contribution in [2.75, 3.05) is 5.32 Å². The lowest BCUT2D eigenvalue weighted by atomic mass is 10.1. The number of amides is 1. The monoisotopic (exact) mass is 297 g/mol. The highest BCUT2D eigenvalue weighted by Crippen LogP contribution is 2.32. The molecule has 0 saturated heterocycles. The average molecular weight is 297 g/mol. The largest absolute Gasteiger partial charge is 0.326 e. The van der Waals surface area contributed by atoms with Gasteiger partial charge in [0, 0.05) is 28.9 Å². The number of aryl methyl sites for hydroxylation is 1. The molecule has 0 bridgehead atoms. The van der Waals surface area contributed by atoms with Crippen molar-refractivity contribution in [1.29, 1.82) is 0 Å². The normalized spacial score (nSPS) is 14.5. The molecule has 0 unspecified atom stereocenters. The number of benzene rings is 1. The van der Waals surface area contributed by atoms with Crippen LogP contribution in [0.25, 0.3) is 16.2 Å². The van der Waals surface area contributed by atoms with Gasteiger partial charge in [0.2, 0.25) is 5.91 Å². The molecule has 5 heteroatoms. The average Bonchev–Trinajstić information content (AvgIpc) is 3.16. The fourth-order valence-electron chi connectivity index (χ4n) is 2.53. The smallest absolute Gasteiger partial charge is 0.227 e. The van der Waals surface area contributed by atoms with E-state index in [0.29, 0.717) is 0 Å². The molecule has 1 saturated carbocycles. The first-order valence-electron chi connectivity index (χ1n) is 7.06. The van der Waals surface area contributed by atoms with E-state index in [2.05, 4.69) is 33.8 Å². The van der Waals surface area contributed by atoms with Crippen molar-refractivity contribution in [1.82, 2.24) is 9.38 Å². The highest BCUT2D eigenvalue weighted by molar-refractivity contribution is 7.17. The van der Waals surface area contributed by atoms with E-state index < -0.39 is 0 Å². The second-order valence-electron chi connectivity index (χ2n) is 5.43. The third-order valence-electron chi connectivity index (χ3n) is 3.80. The number of rotatable bonds is 3. The molecular formula is C16H15N3OS.